The van der Waals surface area contributed by atoms with Crippen molar-refractivity contribution in [3.8, 4) is 0 Å². The fourth-order valence-corrected chi connectivity index (χ4v) is 1.69. The highest BCUT2D eigenvalue weighted by Crippen LogP contribution is 2.09. The largest absolute Gasteiger partial charge is 0.392 e. The smallest absolute Gasteiger partial charge is 0.325 e. The molecule has 7 nitrogen and oxygen atoms in total. The van der Waals surface area contributed by atoms with Gasteiger partial charge in [-0.3, -0.25) is 14.6 Å². The van der Waals surface area contributed by atoms with Crippen molar-refractivity contribution in [2.45, 2.75) is 13.0 Å². The lowest BCUT2D eigenvalue weighted by Crippen LogP contribution is -2.25. The van der Waals surface area contributed by atoms with Gasteiger partial charge < -0.3 is 15.4 Å². The molecule has 0 atom stereocenters. The summed E-state index contributed by atoms with van der Waals surface area (Å²) in [6, 6.07) is 7.85. The molecule has 0 fully saturated rings. The lowest BCUT2D eigenvalue weighted by molar-refractivity contribution is -0.115. The summed E-state index contributed by atoms with van der Waals surface area (Å²) in [4.78, 5) is 38.3. The van der Waals surface area contributed by atoms with E-state index in [1.54, 1.807) is 24.3 Å². The first kappa shape index (κ1) is 13.8. The Labute approximate surface area is 113 Å². The maximum Gasteiger partial charge on any atom is 0.325 e. The maximum atomic E-state index is 11.8. The number of H-pyrrole nitrogens is 2. The molecule has 7 heteroatoms. The van der Waals surface area contributed by atoms with Crippen LogP contribution in [0.5, 0.6) is 0 Å². The molecular formula is C13H13N3O4. The lowest BCUT2D eigenvalue weighted by Gasteiger charge is -2.05. The summed E-state index contributed by atoms with van der Waals surface area (Å²) in [5.74, 6) is -0.358. The number of nitrogens with one attached hydrogen (secondary N) is 3. The van der Waals surface area contributed by atoms with E-state index in [4.69, 9.17) is 5.11 Å². The topological polar surface area (TPSA) is 115 Å². The summed E-state index contributed by atoms with van der Waals surface area (Å²) >= 11 is 0. The minimum atomic E-state index is -0.646. The molecule has 0 bridgehead atoms. The van der Waals surface area contributed by atoms with Crippen LogP contribution in [-0.2, 0) is 17.8 Å². The van der Waals surface area contributed by atoms with Crippen LogP contribution in [0.15, 0.2) is 39.9 Å². The van der Waals surface area contributed by atoms with Crippen LogP contribution in [0.1, 0.15) is 11.3 Å². The normalized spacial score (nSPS) is 10.2. The first-order valence-corrected chi connectivity index (χ1v) is 5.89. The van der Waals surface area contributed by atoms with Gasteiger partial charge in [0.2, 0.25) is 5.91 Å². The van der Waals surface area contributed by atoms with Crippen LogP contribution in [0, 0.1) is 0 Å². The Morgan fingerprint density at radius 3 is 2.45 bits per heavy atom. The Bertz CT molecular complexity index is 687. The van der Waals surface area contributed by atoms with Gasteiger partial charge in [-0.15, -0.1) is 0 Å². The number of anilines is 1. The number of carbonyl (C=O) groups excluding carboxylic acids is 1. The van der Waals surface area contributed by atoms with Crippen LogP contribution >= 0.6 is 0 Å². The van der Waals surface area contributed by atoms with Crippen LogP contribution < -0.4 is 16.6 Å². The molecule has 1 amide bonds. The maximum absolute atomic E-state index is 11.8. The van der Waals surface area contributed by atoms with E-state index >= 15 is 0 Å². The molecule has 0 aliphatic rings. The Hall–Kier alpha value is -2.67. The SMILES string of the molecule is O=C(Cc1cc(=O)[nH]c(=O)[nH]1)Nc1ccc(CO)cc1. The Kier molecular flexibility index (Phi) is 4.11. The van der Waals surface area contributed by atoms with Gasteiger partial charge in [0.05, 0.1) is 13.0 Å². The summed E-state index contributed by atoms with van der Waals surface area (Å²) in [5.41, 5.74) is 0.348. The van der Waals surface area contributed by atoms with E-state index in [9.17, 15) is 14.4 Å². The van der Waals surface area contributed by atoms with Crippen molar-refractivity contribution in [2.24, 2.45) is 0 Å². The molecule has 0 radical (unpaired) electrons. The molecule has 0 saturated carbocycles. The van der Waals surface area contributed by atoms with Gasteiger partial charge in [0.1, 0.15) is 0 Å². The van der Waals surface area contributed by atoms with E-state index in [0.717, 1.165) is 11.6 Å². The molecule has 0 saturated heterocycles. The van der Waals surface area contributed by atoms with Crippen LogP contribution in [0.25, 0.3) is 0 Å². The number of hydrogen-bond donors (Lipinski definition) is 4. The average Bonchev–Trinajstić information content (AvgIpc) is 2.38. The monoisotopic (exact) mass is 275 g/mol. The van der Waals surface area contributed by atoms with Crippen LogP contribution in [-0.4, -0.2) is 21.0 Å². The van der Waals surface area contributed by atoms with E-state index in [0.29, 0.717) is 5.69 Å². The van der Waals surface area contributed by atoms with E-state index in [2.05, 4.69) is 10.3 Å². The first-order valence-electron chi connectivity index (χ1n) is 5.89. The van der Waals surface area contributed by atoms with Crippen molar-refractivity contribution in [3.05, 3.63) is 62.4 Å². The Morgan fingerprint density at radius 2 is 1.85 bits per heavy atom. The molecule has 4 N–H and O–H groups in total. The second-order valence-electron chi connectivity index (χ2n) is 4.19. The summed E-state index contributed by atoms with van der Waals surface area (Å²) in [6.07, 6.45) is -0.110. The average molecular weight is 275 g/mol. The molecule has 0 aliphatic carbocycles. The van der Waals surface area contributed by atoms with E-state index in [-0.39, 0.29) is 24.6 Å². The van der Waals surface area contributed by atoms with Gasteiger partial charge >= 0.3 is 5.69 Å². The van der Waals surface area contributed by atoms with Crippen LogP contribution in [0.3, 0.4) is 0 Å². The van der Waals surface area contributed by atoms with Crippen molar-refractivity contribution in [1.82, 2.24) is 9.97 Å². The molecule has 1 aromatic heterocycles. The third-order valence-electron chi connectivity index (χ3n) is 2.59. The third kappa shape index (κ3) is 3.66. The van der Waals surface area contributed by atoms with Gasteiger partial charge in [-0.05, 0) is 17.7 Å². The second kappa shape index (κ2) is 5.98. The number of carbonyl (C=O) groups is 1. The van der Waals surface area contributed by atoms with Crippen molar-refractivity contribution in [2.75, 3.05) is 5.32 Å². The lowest BCUT2D eigenvalue weighted by atomic mass is 10.2. The van der Waals surface area contributed by atoms with Gasteiger partial charge in [-0.25, -0.2) is 4.79 Å². The summed E-state index contributed by atoms with van der Waals surface area (Å²) in [6.45, 7) is -0.0672. The van der Waals surface area contributed by atoms with Crippen molar-refractivity contribution < 1.29 is 9.90 Å². The molecule has 20 heavy (non-hydrogen) atoms. The quantitative estimate of drug-likeness (QED) is 0.615. The minimum absolute atomic E-state index is 0.0672. The molecule has 2 rings (SSSR count). The number of aromatic nitrogens is 2. The van der Waals surface area contributed by atoms with Gasteiger partial charge in [0.25, 0.3) is 5.56 Å². The third-order valence-corrected chi connectivity index (χ3v) is 2.59. The highest BCUT2D eigenvalue weighted by Gasteiger charge is 2.06. The molecule has 2 aromatic rings. The number of aliphatic hydroxyl groups is 1. The predicted octanol–water partition coefficient (Wildman–Crippen LogP) is -0.263. The highest BCUT2D eigenvalue weighted by atomic mass is 16.3. The molecular weight excluding hydrogens is 262 g/mol. The Balaban J connectivity index is 2.04. The summed E-state index contributed by atoms with van der Waals surface area (Å²) in [7, 11) is 0. The summed E-state index contributed by atoms with van der Waals surface area (Å²) < 4.78 is 0. The van der Waals surface area contributed by atoms with Crippen molar-refractivity contribution >= 4 is 11.6 Å². The van der Waals surface area contributed by atoms with E-state index in [1.165, 1.54) is 0 Å². The number of benzene rings is 1. The van der Waals surface area contributed by atoms with E-state index < -0.39 is 11.2 Å². The molecule has 0 unspecified atom stereocenters. The second-order valence-corrected chi connectivity index (χ2v) is 4.19. The fraction of sp³-hybridized carbons (Fsp3) is 0.154. The minimum Gasteiger partial charge on any atom is -0.392 e. The highest BCUT2D eigenvalue weighted by molar-refractivity contribution is 5.91. The number of amides is 1. The van der Waals surface area contributed by atoms with E-state index in [1.807, 2.05) is 4.98 Å². The van der Waals surface area contributed by atoms with Crippen LogP contribution in [0.4, 0.5) is 5.69 Å². The number of hydrogen-bond acceptors (Lipinski definition) is 4. The number of aliphatic hydroxyl groups excluding tert-OH is 1. The number of rotatable bonds is 4. The molecule has 1 heterocycles. The zero-order valence-electron chi connectivity index (χ0n) is 10.5. The molecule has 1 aromatic carbocycles. The zero-order chi connectivity index (χ0) is 14.5. The molecule has 104 valence electrons. The molecule has 0 spiro atoms. The standard InChI is InChI=1S/C13H13N3O4/c17-7-8-1-3-9(4-2-8)14-11(18)5-10-6-12(19)16-13(20)15-10/h1-4,6,17H,5,7H2,(H,14,18)(H2,15,16,19,20). The summed E-state index contributed by atoms with van der Waals surface area (Å²) in [5, 5.41) is 11.5. The van der Waals surface area contributed by atoms with Crippen molar-refractivity contribution in [3.63, 3.8) is 0 Å². The van der Waals surface area contributed by atoms with Crippen LogP contribution in [0.2, 0.25) is 0 Å². The zero-order valence-corrected chi connectivity index (χ0v) is 10.5. The van der Waals surface area contributed by atoms with Gasteiger partial charge in [0, 0.05) is 17.4 Å². The Morgan fingerprint density at radius 1 is 1.15 bits per heavy atom. The molecule has 0 aliphatic heterocycles. The fourth-order valence-electron chi connectivity index (χ4n) is 1.69. The van der Waals surface area contributed by atoms with Crippen molar-refractivity contribution in [1.29, 1.82) is 0 Å². The first-order chi connectivity index (χ1) is 9.56. The number of aromatic amines is 2. The van der Waals surface area contributed by atoms with Gasteiger partial charge in [-0.1, -0.05) is 12.1 Å². The predicted molar refractivity (Wildman–Crippen MR) is 72.4 cm³/mol. The van der Waals surface area contributed by atoms with Gasteiger partial charge in [-0.2, -0.15) is 0 Å². The van der Waals surface area contributed by atoms with Gasteiger partial charge in [0.15, 0.2) is 0 Å².